The zero-order valence-electron chi connectivity index (χ0n) is 29.6. The Labute approximate surface area is 265 Å². The molecule has 0 N–H and O–H groups in total. The lowest BCUT2D eigenvalue weighted by molar-refractivity contribution is -0.00628. The second kappa shape index (κ2) is 37.0. The summed E-state index contributed by atoms with van der Waals surface area (Å²) in [5.74, 6) is 0. The van der Waals surface area contributed by atoms with Gasteiger partial charge in [-0.15, -0.1) is 0 Å². The summed E-state index contributed by atoms with van der Waals surface area (Å²) >= 11 is 0. The van der Waals surface area contributed by atoms with E-state index in [4.69, 9.17) is 14.2 Å². The minimum absolute atomic E-state index is 0.351. The summed E-state index contributed by atoms with van der Waals surface area (Å²) < 4.78 is 17.5. The first kappa shape index (κ1) is 41.8. The SMILES string of the molecule is CCCCCCCCCCCCCCN(CCCCCCCOCCCCCC)CC(CCCCCC)OCCOC. The predicted molar refractivity (Wildman–Crippen MR) is 186 cm³/mol. The second-order valence-corrected chi connectivity index (χ2v) is 13.0. The van der Waals surface area contributed by atoms with Gasteiger partial charge in [0.25, 0.3) is 0 Å². The number of ether oxygens (including phenoxy) is 3. The van der Waals surface area contributed by atoms with Gasteiger partial charge in [0.2, 0.25) is 0 Å². The molecule has 0 amide bonds. The van der Waals surface area contributed by atoms with Gasteiger partial charge in [-0.1, -0.05) is 156 Å². The molecule has 4 nitrogen and oxygen atoms in total. The van der Waals surface area contributed by atoms with Crippen molar-refractivity contribution in [3.63, 3.8) is 0 Å². The van der Waals surface area contributed by atoms with Crippen LogP contribution in [0.25, 0.3) is 0 Å². The van der Waals surface area contributed by atoms with Gasteiger partial charge in [0.05, 0.1) is 19.3 Å². The molecule has 0 aromatic carbocycles. The molecular weight excluding hydrogens is 518 g/mol. The minimum atomic E-state index is 0.351. The van der Waals surface area contributed by atoms with Gasteiger partial charge >= 0.3 is 0 Å². The first-order valence-electron chi connectivity index (χ1n) is 19.2. The van der Waals surface area contributed by atoms with Crippen LogP contribution in [0.4, 0.5) is 0 Å². The Kier molecular flexibility index (Phi) is 36.9. The van der Waals surface area contributed by atoms with Gasteiger partial charge in [-0.05, 0) is 45.2 Å². The average Bonchev–Trinajstić information content (AvgIpc) is 3.00. The van der Waals surface area contributed by atoms with E-state index in [1.54, 1.807) is 7.11 Å². The molecule has 0 aliphatic heterocycles. The van der Waals surface area contributed by atoms with Crippen LogP contribution < -0.4 is 0 Å². The van der Waals surface area contributed by atoms with Crippen LogP contribution in [0.15, 0.2) is 0 Å². The molecule has 0 saturated carbocycles. The summed E-state index contributed by atoms with van der Waals surface area (Å²) in [7, 11) is 1.78. The van der Waals surface area contributed by atoms with Gasteiger partial charge in [-0.3, -0.25) is 0 Å². The van der Waals surface area contributed by atoms with Gasteiger partial charge in [0, 0.05) is 26.9 Å². The minimum Gasteiger partial charge on any atom is -0.382 e. The Morgan fingerprint density at radius 2 is 0.833 bits per heavy atom. The summed E-state index contributed by atoms with van der Waals surface area (Å²) in [5.41, 5.74) is 0. The molecule has 0 bridgehead atoms. The van der Waals surface area contributed by atoms with Crippen LogP contribution in [0.5, 0.6) is 0 Å². The predicted octanol–water partition coefficient (Wildman–Crippen LogP) is 11.5. The van der Waals surface area contributed by atoms with Crippen LogP contribution in [0.1, 0.15) is 188 Å². The summed E-state index contributed by atoms with van der Waals surface area (Å²) in [4.78, 5) is 2.74. The highest BCUT2D eigenvalue weighted by Crippen LogP contribution is 2.15. The largest absolute Gasteiger partial charge is 0.382 e. The first-order valence-corrected chi connectivity index (χ1v) is 19.2. The maximum absolute atomic E-state index is 6.34. The fourth-order valence-electron chi connectivity index (χ4n) is 5.89. The van der Waals surface area contributed by atoms with Crippen molar-refractivity contribution in [1.82, 2.24) is 4.90 Å². The van der Waals surface area contributed by atoms with E-state index in [-0.39, 0.29) is 0 Å². The van der Waals surface area contributed by atoms with E-state index in [0.29, 0.717) is 12.7 Å². The Morgan fingerprint density at radius 1 is 0.429 bits per heavy atom. The van der Waals surface area contributed by atoms with Crippen molar-refractivity contribution in [2.24, 2.45) is 0 Å². The number of unbranched alkanes of at least 4 members (excludes halogenated alkanes) is 21. The fraction of sp³-hybridized carbons (Fsp3) is 1.00. The monoisotopic (exact) mass is 598 g/mol. The lowest BCUT2D eigenvalue weighted by atomic mass is 10.0. The third-order valence-electron chi connectivity index (χ3n) is 8.72. The van der Waals surface area contributed by atoms with E-state index < -0.39 is 0 Å². The van der Waals surface area contributed by atoms with E-state index in [2.05, 4.69) is 25.7 Å². The number of rotatable bonds is 37. The number of methoxy groups -OCH3 is 1. The second-order valence-electron chi connectivity index (χ2n) is 13.0. The van der Waals surface area contributed by atoms with Crippen LogP contribution in [0, 0.1) is 0 Å². The average molecular weight is 598 g/mol. The summed E-state index contributed by atoms with van der Waals surface area (Å²) in [5, 5.41) is 0. The molecule has 0 fully saturated rings. The van der Waals surface area contributed by atoms with Crippen molar-refractivity contribution in [2.45, 2.75) is 194 Å². The van der Waals surface area contributed by atoms with Crippen molar-refractivity contribution in [3.05, 3.63) is 0 Å². The fourth-order valence-corrected chi connectivity index (χ4v) is 5.89. The zero-order chi connectivity index (χ0) is 30.6. The van der Waals surface area contributed by atoms with Crippen molar-refractivity contribution >= 4 is 0 Å². The molecule has 0 heterocycles. The lowest BCUT2D eigenvalue weighted by Gasteiger charge is -2.28. The topological polar surface area (TPSA) is 30.9 Å². The van der Waals surface area contributed by atoms with E-state index in [1.165, 1.54) is 180 Å². The van der Waals surface area contributed by atoms with Crippen LogP contribution in [0.3, 0.4) is 0 Å². The van der Waals surface area contributed by atoms with Crippen molar-refractivity contribution in [1.29, 1.82) is 0 Å². The summed E-state index contributed by atoms with van der Waals surface area (Å²) in [6, 6.07) is 0. The highest BCUT2D eigenvalue weighted by Gasteiger charge is 2.15. The smallest absolute Gasteiger partial charge is 0.0704 e. The molecule has 0 aliphatic rings. The third kappa shape index (κ3) is 32.7. The maximum atomic E-state index is 6.34. The quantitative estimate of drug-likeness (QED) is 0.0666. The molecule has 1 unspecified atom stereocenters. The molecule has 1 atom stereocenters. The Hall–Kier alpha value is -0.160. The molecule has 0 rings (SSSR count). The number of hydrogen-bond acceptors (Lipinski definition) is 4. The van der Waals surface area contributed by atoms with E-state index in [0.717, 1.165) is 26.4 Å². The van der Waals surface area contributed by atoms with Gasteiger partial charge in [0.15, 0.2) is 0 Å². The molecule has 0 spiro atoms. The van der Waals surface area contributed by atoms with E-state index in [9.17, 15) is 0 Å². The van der Waals surface area contributed by atoms with Crippen molar-refractivity contribution in [3.8, 4) is 0 Å². The summed E-state index contributed by atoms with van der Waals surface area (Å²) in [6.45, 7) is 13.8. The normalized spacial score (nSPS) is 12.5. The van der Waals surface area contributed by atoms with Crippen molar-refractivity contribution < 1.29 is 14.2 Å². The Bertz CT molecular complexity index is 447. The molecule has 0 radical (unpaired) electrons. The van der Waals surface area contributed by atoms with Gasteiger partial charge in [0.1, 0.15) is 0 Å². The van der Waals surface area contributed by atoms with Crippen LogP contribution >= 0.6 is 0 Å². The highest BCUT2D eigenvalue weighted by atomic mass is 16.5. The lowest BCUT2D eigenvalue weighted by Crippen LogP contribution is -2.36. The number of nitrogens with zero attached hydrogens (tertiary/aromatic N) is 1. The van der Waals surface area contributed by atoms with Crippen LogP contribution in [-0.2, 0) is 14.2 Å². The van der Waals surface area contributed by atoms with Crippen LogP contribution in [-0.4, -0.2) is 64.2 Å². The molecule has 0 aromatic rings. The third-order valence-corrected chi connectivity index (χ3v) is 8.72. The zero-order valence-corrected chi connectivity index (χ0v) is 29.6. The van der Waals surface area contributed by atoms with Gasteiger partial charge in [-0.25, -0.2) is 0 Å². The molecule has 4 heteroatoms. The first-order chi connectivity index (χ1) is 20.8. The Balaban J connectivity index is 4.31. The summed E-state index contributed by atoms with van der Waals surface area (Å²) in [6.07, 6.45) is 35.6. The maximum Gasteiger partial charge on any atom is 0.0704 e. The molecule has 42 heavy (non-hydrogen) atoms. The molecule has 0 aromatic heterocycles. The molecule has 0 saturated heterocycles. The van der Waals surface area contributed by atoms with Crippen molar-refractivity contribution in [2.75, 3.05) is 53.2 Å². The molecule has 0 aliphatic carbocycles. The molecule has 254 valence electrons. The van der Waals surface area contributed by atoms with Gasteiger partial charge in [-0.2, -0.15) is 0 Å². The Morgan fingerprint density at radius 3 is 1.31 bits per heavy atom. The van der Waals surface area contributed by atoms with Crippen LogP contribution in [0.2, 0.25) is 0 Å². The highest BCUT2D eigenvalue weighted by molar-refractivity contribution is 4.68. The van der Waals surface area contributed by atoms with E-state index in [1.807, 2.05) is 0 Å². The van der Waals surface area contributed by atoms with Gasteiger partial charge < -0.3 is 19.1 Å². The molecular formula is C38H79NO3. The number of hydrogen-bond donors (Lipinski definition) is 0. The standard InChI is InChI=1S/C38H79NO3/c1-5-8-11-14-15-16-17-18-19-20-22-26-31-39(37-38(42-36-35-40-4)30-25-12-9-6-2)32-27-23-21-24-29-34-41-33-28-13-10-7-3/h38H,5-37H2,1-4H3. The van der Waals surface area contributed by atoms with E-state index >= 15 is 0 Å².